The lowest BCUT2D eigenvalue weighted by atomic mass is 10.0. The maximum Gasteiger partial charge on any atom is 0.222 e. The van der Waals surface area contributed by atoms with Crippen molar-refractivity contribution in [2.75, 3.05) is 12.3 Å². The van der Waals surface area contributed by atoms with E-state index in [0.29, 0.717) is 11.6 Å². The van der Waals surface area contributed by atoms with Crippen molar-refractivity contribution >= 4 is 35.2 Å². The Labute approximate surface area is 157 Å². The Kier molecular flexibility index (Phi) is 7.82. The molecule has 1 unspecified atom stereocenters. The number of carbonyl (C=O) groups is 2. The smallest absolute Gasteiger partial charge is 0.222 e. The molecular formula is C19H21ClN2O2S. The maximum atomic E-state index is 12.2. The molecule has 25 heavy (non-hydrogen) atoms. The van der Waals surface area contributed by atoms with Crippen LogP contribution in [0.25, 0.3) is 0 Å². The van der Waals surface area contributed by atoms with Crippen molar-refractivity contribution < 1.29 is 9.59 Å². The van der Waals surface area contributed by atoms with Gasteiger partial charge in [0.05, 0.1) is 12.5 Å². The van der Waals surface area contributed by atoms with Gasteiger partial charge in [0.15, 0.2) is 0 Å². The van der Waals surface area contributed by atoms with Gasteiger partial charge in [-0.3, -0.25) is 9.59 Å². The monoisotopic (exact) mass is 376 g/mol. The molecule has 0 aromatic heterocycles. The summed E-state index contributed by atoms with van der Waals surface area (Å²) in [6, 6.07) is 16.8. The number of thioether (sulfide) groups is 1. The largest absolute Gasteiger partial charge is 0.355 e. The van der Waals surface area contributed by atoms with Crippen LogP contribution in [0, 0.1) is 0 Å². The summed E-state index contributed by atoms with van der Waals surface area (Å²) in [5, 5.41) is 6.33. The number of hydrogen-bond acceptors (Lipinski definition) is 3. The number of benzene rings is 2. The van der Waals surface area contributed by atoms with Gasteiger partial charge in [0.2, 0.25) is 11.8 Å². The van der Waals surface area contributed by atoms with E-state index >= 15 is 0 Å². The zero-order chi connectivity index (χ0) is 18.1. The van der Waals surface area contributed by atoms with E-state index in [0.717, 1.165) is 11.3 Å². The van der Waals surface area contributed by atoms with E-state index in [9.17, 15) is 9.59 Å². The molecule has 2 aromatic carbocycles. The van der Waals surface area contributed by atoms with E-state index in [4.69, 9.17) is 11.6 Å². The molecule has 6 heteroatoms. The number of rotatable bonds is 8. The highest BCUT2D eigenvalue weighted by Crippen LogP contribution is 2.20. The standard InChI is InChI=1S/C19H21ClN2O2S/c1-14(23)22-18(15-7-9-16(20)10-8-15)13-19(24)21-11-12-25-17-5-3-2-4-6-17/h2-10,18H,11-13H2,1H3,(H,21,24)(H,22,23). The third kappa shape index (κ3) is 7.20. The van der Waals surface area contributed by atoms with Crippen molar-refractivity contribution in [3.8, 4) is 0 Å². The molecule has 0 bridgehead atoms. The summed E-state index contributed by atoms with van der Waals surface area (Å²) in [5.41, 5.74) is 0.855. The zero-order valence-corrected chi connectivity index (χ0v) is 15.6. The van der Waals surface area contributed by atoms with Gasteiger partial charge in [-0.15, -0.1) is 11.8 Å². The summed E-state index contributed by atoms with van der Waals surface area (Å²) in [7, 11) is 0. The van der Waals surface area contributed by atoms with Crippen LogP contribution >= 0.6 is 23.4 Å². The van der Waals surface area contributed by atoms with E-state index in [1.54, 1.807) is 23.9 Å². The van der Waals surface area contributed by atoms with Crippen molar-refractivity contribution in [1.82, 2.24) is 10.6 Å². The van der Waals surface area contributed by atoms with Crippen LogP contribution in [0.2, 0.25) is 5.02 Å². The van der Waals surface area contributed by atoms with Crippen LogP contribution < -0.4 is 10.6 Å². The Morgan fingerprint density at radius 2 is 1.76 bits per heavy atom. The lowest BCUT2D eigenvalue weighted by Crippen LogP contribution is -2.33. The molecule has 2 rings (SSSR count). The minimum absolute atomic E-state index is 0.0950. The van der Waals surface area contributed by atoms with Gasteiger partial charge in [0, 0.05) is 29.1 Å². The van der Waals surface area contributed by atoms with Gasteiger partial charge in [0.1, 0.15) is 0 Å². The van der Waals surface area contributed by atoms with Crippen LogP contribution in [-0.4, -0.2) is 24.1 Å². The SMILES string of the molecule is CC(=O)NC(CC(=O)NCCSc1ccccc1)c1ccc(Cl)cc1. The molecule has 0 aliphatic carbocycles. The quantitative estimate of drug-likeness (QED) is 0.544. The molecule has 1 atom stereocenters. The summed E-state index contributed by atoms with van der Waals surface area (Å²) in [6.45, 7) is 2.02. The average Bonchev–Trinajstić information content (AvgIpc) is 2.59. The molecule has 2 amide bonds. The Morgan fingerprint density at radius 3 is 2.40 bits per heavy atom. The zero-order valence-electron chi connectivity index (χ0n) is 14.0. The van der Waals surface area contributed by atoms with Crippen molar-refractivity contribution in [3.05, 3.63) is 65.2 Å². The number of amides is 2. The topological polar surface area (TPSA) is 58.2 Å². The first-order valence-corrected chi connectivity index (χ1v) is 9.38. The Bertz CT molecular complexity index is 692. The lowest BCUT2D eigenvalue weighted by molar-refractivity contribution is -0.122. The van der Waals surface area contributed by atoms with Gasteiger partial charge in [-0.25, -0.2) is 0 Å². The van der Waals surface area contributed by atoms with E-state index in [-0.39, 0.29) is 24.3 Å². The fraction of sp³-hybridized carbons (Fsp3) is 0.263. The second kappa shape index (κ2) is 10.1. The molecule has 0 radical (unpaired) electrons. The van der Waals surface area contributed by atoms with Gasteiger partial charge < -0.3 is 10.6 Å². The number of carbonyl (C=O) groups excluding carboxylic acids is 2. The van der Waals surface area contributed by atoms with Crippen molar-refractivity contribution in [1.29, 1.82) is 0 Å². The molecule has 132 valence electrons. The Morgan fingerprint density at radius 1 is 1.08 bits per heavy atom. The first-order valence-electron chi connectivity index (χ1n) is 8.01. The fourth-order valence-corrected chi connectivity index (χ4v) is 3.24. The molecule has 0 fully saturated rings. The summed E-state index contributed by atoms with van der Waals surface area (Å²) >= 11 is 7.58. The lowest BCUT2D eigenvalue weighted by Gasteiger charge is -2.18. The summed E-state index contributed by atoms with van der Waals surface area (Å²) < 4.78 is 0. The predicted molar refractivity (Wildman–Crippen MR) is 103 cm³/mol. The molecule has 0 saturated heterocycles. The molecular weight excluding hydrogens is 356 g/mol. The third-order valence-electron chi connectivity index (χ3n) is 3.48. The predicted octanol–water partition coefficient (Wildman–Crippen LogP) is 3.82. The first kappa shape index (κ1) is 19.3. The molecule has 4 nitrogen and oxygen atoms in total. The molecule has 0 saturated carbocycles. The second-order valence-electron chi connectivity index (χ2n) is 5.52. The minimum Gasteiger partial charge on any atom is -0.355 e. The summed E-state index contributed by atoms with van der Waals surface area (Å²) in [5.74, 6) is 0.524. The highest BCUT2D eigenvalue weighted by Gasteiger charge is 2.16. The molecule has 0 spiro atoms. The van der Waals surface area contributed by atoms with Gasteiger partial charge in [-0.2, -0.15) is 0 Å². The Hall–Kier alpha value is -1.98. The summed E-state index contributed by atoms with van der Waals surface area (Å²) in [6.07, 6.45) is 0.192. The average molecular weight is 377 g/mol. The van der Waals surface area contributed by atoms with E-state index in [2.05, 4.69) is 10.6 Å². The van der Waals surface area contributed by atoms with Crippen LogP contribution in [0.15, 0.2) is 59.5 Å². The van der Waals surface area contributed by atoms with E-state index in [1.165, 1.54) is 11.8 Å². The van der Waals surface area contributed by atoms with Crippen molar-refractivity contribution in [2.24, 2.45) is 0 Å². The summed E-state index contributed by atoms with van der Waals surface area (Å²) in [4.78, 5) is 24.8. The van der Waals surface area contributed by atoms with Crippen molar-refractivity contribution in [2.45, 2.75) is 24.3 Å². The normalized spacial score (nSPS) is 11.6. The highest BCUT2D eigenvalue weighted by atomic mass is 35.5. The first-order chi connectivity index (χ1) is 12.0. The van der Waals surface area contributed by atoms with Crippen LogP contribution in [0.4, 0.5) is 0 Å². The van der Waals surface area contributed by atoms with Gasteiger partial charge >= 0.3 is 0 Å². The maximum absolute atomic E-state index is 12.2. The number of hydrogen-bond donors (Lipinski definition) is 2. The number of nitrogens with one attached hydrogen (secondary N) is 2. The van der Waals surface area contributed by atoms with E-state index in [1.807, 2.05) is 42.5 Å². The fourth-order valence-electron chi connectivity index (χ4n) is 2.33. The molecule has 0 heterocycles. The van der Waals surface area contributed by atoms with Crippen LogP contribution in [0.5, 0.6) is 0 Å². The minimum atomic E-state index is -0.364. The highest BCUT2D eigenvalue weighted by molar-refractivity contribution is 7.99. The molecule has 2 aromatic rings. The molecule has 0 aliphatic heterocycles. The van der Waals surface area contributed by atoms with Crippen LogP contribution in [0.3, 0.4) is 0 Å². The van der Waals surface area contributed by atoms with Gasteiger partial charge in [-0.05, 0) is 29.8 Å². The van der Waals surface area contributed by atoms with E-state index < -0.39 is 0 Å². The van der Waals surface area contributed by atoms with Gasteiger partial charge in [-0.1, -0.05) is 41.9 Å². The molecule has 2 N–H and O–H groups in total. The van der Waals surface area contributed by atoms with Crippen LogP contribution in [0.1, 0.15) is 24.9 Å². The molecule has 0 aliphatic rings. The number of halogens is 1. The van der Waals surface area contributed by atoms with Crippen molar-refractivity contribution in [3.63, 3.8) is 0 Å². The second-order valence-corrected chi connectivity index (χ2v) is 7.13. The van der Waals surface area contributed by atoms with Crippen LogP contribution in [-0.2, 0) is 9.59 Å². The Balaban J connectivity index is 1.82. The van der Waals surface area contributed by atoms with Gasteiger partial charge in [0.25, 0.3) is 0 Å². The third-order valence-corrected chi connectivity index (χ3v) is 4.74.